The van der Waals surface area contributed by atoms with E-state index in [4.69, 9.17) is 32.7 Å². The van der Waals surface area contributed by atoms with Crippen molar-refractivity contribution < 1.29 is 23.9 Å². The molecule has 27 heavy (non-hydrogen) atoms. The number of carbonyl (C=O) groups is 3. The predicted octanol–water partition coefficient (Wildman–Crippen LogP) is 3.82. The molecule has 0 N–H and O–H groups in total. The van der Waals surface area contributed by atoms with Gasteiger partial charge < -0.3 is 9.47 Å². The number of amides is 2. The summed E-state index contributed by atoms with van der Waals surface area (Å²) in [5, 5.41) is 0.410. The minimum absolute atomic E-state index is 0.104. The van der Waals surface area contributed by atoms with Crippen LogP contribution < -0.4 is 9.64 Å². The van der Waals surface area contributed by atoms with Crippen LogP contribution in [-0.2, 0) is 19.1 Å². The quantitative estimate of drug-likeness (QED) is 0.560. The summed E-state index contributed by atoms with van der Waals surface area (Å²) in [7, 11) is 0. The molecule has 2 atom stereocenters. The van der Waals surface area contributed by atoms with Gasteiger partial charge in [0.1, 0.15) is 18.0 Å². The summed E-state index contributed by atoms with van der Waals surface area (Å²) in [4.78, 5) is 38.1. The van der Waals surface area contributed by atoms with Gasteiger partial charge in [0.05, 0.1) is 22.2 Å². The van der Waals surface area contributed by atoms with Gasteiger partial charge in [-0.25, -0.2) is 4.90 Å². The number of hydrogen-bond donors (Lipinski definition) is 0. The van der Waals surface area contributed by atoms with Gasteiger partial charge in [0.15, 0.2) is 0 Å². The summed E-state index contributed by atoms with van der Waals surface area (Å²) >= 11 is 12.5. The molecule has 142 valence electrons. The fraction of sp³-hybridized carbons (Fsp3) is 0.421. The van der Waals surface area contributed by atoms with Crippen molar-refractivity contribution in [1.29, 1.82) is 0 Å². The van der Waals surface area contributed by atoms with E-state index in [9.17, 15) is 14.4 Å². The Hall–Kier alpha value is -2.05. The lowest BCUT2D eigenvalue weighted by Crippen LogP contribution is -2.32. The van der Waals surface area contributed by atoms with E-state index in [0.29, 0.717) is 24.0 Å². The van der Waals surface area contributed by atoms with Gasteiger partial charge in [-0.2, -0.15) is 0 Å². The largest absolute Gasteiger partial charge is 0.484 e. The molecule has 1 aromatic rings. The van der Waals surface area contributed by atoms with Crippen molar-refractivity contribution in [3.63, 3.8) is 0 Å². The first-order chi connectivity index (χ1) is 12.9. The van der Waals surface area contributed by atoms with Gasteiger partial charge in [0.2, 0.25) is 0 Å². The highest BCUT2D eigenvalue weighted by atomic mass is 35.5. The number of hydrogen-bond acceptors (Lipinski definition) is 5. The van der Waals surface area contributed by atoms with E-state index in [2.05, 4.69) is 0 Å². The van der Waals surface area contributed by atoms with Crippen LogP contribution in [0, 0.1) is 0 Å². The first-order valence-electron chi connectivity index (χ1n) is 8.83. The molecular weight excluding hydrogens is 393 g/mol. The zero-order valence-corrected chi connectivity index (χ0v) is 16.1. The highest BCUT2D eigenvalue weighted by Gasteiger charge is 2.41. The molecule has 1 fully saturated rings. The Morgan fingerprint density at radius 3 is 2.22 bits per heavy atom. The van der Waals surface area contributed by atoms with Crippen LogP contribution in [-0.4, -0.2) is 30.0 Å². The number of benzene rings is 1. The number of halogens is 2. The summed E-state index contributed by atoms with van der Waals surface area (Å²) < 4.78 is 10.9. The Balaban J connectivity index is 1.67. The Kier molecular flexibility index (Phi) is 4.64. The third kappa shape index (κ3) is 3.11. The summed E-state index contributed by atoms with van der Waals surface area (Å²) in [5.74, 6) is -0.772. The first-order valence-corrected chi connectivity index (χ1v) is 9.58. The van der Waals surface area contributed by atoms with Gasteiger partial charge in [-0.3, -0.25) is 14.4 Å². The van der Waals surface area contributed by atoms with Crippen molar-refractivity contribution in [3.05, 3.63) is 33.3 Å². The molecule has 0 saturated carbocycles. The maximum Gasteiger partial charge on any atom is 0.310 e. The highest BCUT2D eigenvalue weighted by molar-refractivity contribution is 6.41. The van der Waals surface area contributed by atoms with E-state index in [-0.39, 0.29) is 45.7 Å². The van der Waals surface area contributed by atoms with Crippen LogP contribution in [0.2, 0.25) is 10.0 Å². The van der Waals surface area contributed by atoms with Crippen molar-refractivity contribution in [2.75, 3.05) is 4.90 Å². The number of ether oxygens (including phenoxy) is 2. The number of nitrogens with zero attached hydrogens (tertiary/aromatic N) is 1. The molecule has 2 amide bonds. The van der Waals surface area contributed by atoms with Crippen LogP contribution >= 0.6 is 23.2 Å². The number of carbonyl (C=O) groups excluding carboxylic acids is 3. The Bertz CT molecular complexity index is 866. The molecule has 0 aromatic heterocycles. The van der Waals surface area contributed by atoms with Crippen molar-refractivity contribution in [2.45, 2.75) is 51.2 Å². The number of imide groups is 1. The molecule has 2 heterocycles. The highest BCUT2D eigenvalue weighted by Crippen LogP contribution is 2.42. The molecule has 2 unspecified atom stereocenters. The monoisotopic (exact) mass is 409 g/mol. The van der Waals surface area contributed by atoms with Gasteiger partial charge >= 0.3 is 5.97 Å². The minimum atomic E-state index is -0.500. The summed E-state index contributed by atoms with van der Waals surface area (Å²) in [6, 6.07) is 2.92. The maximum absolute atomic E-state index is 12.8. The number of rotatable bonds is 3. The summed E-state index contributed by atoms with van der Waals surface area (Å²) in [6.07, 6.45) is 2.17. The van der Waals surface area contributed by atoms with Crippen molar-refractivity contribution in [1.82, 2.24) is 0 Å². The molecule has 0 spiro atoms. The van der Waals surface area contributed by atoms with E-state index in [1.54, 1.807) is 6.92 Å². The molecule has 2 aliphatic heterocycles. The summed E-state index contributed by atoms with van der Waals surface area (Å²) in [6.45, 7) is 1.73. The van der Waals surface area contributed by atoms with Gasteiger partial charge in [-0.15, -0.1) is 0 Å². The number of anilines is 1. The molecule has 1 saturated heterocycles. The Labute approximate surface area is 166 Å². The van der Waals surface area contributed by atoms with Crippen LogP contribution in [0.5, 0.6) is 5.75 Å². The molecular formula is C19H17Cl2NO5. The van der Waals surface area contributed by atoms with Crippen LogP contribution in [0.25, 0.3) is 0 Å². The van der Waals surface area contributed by atoms with Gasteiger partial charge in [-0.05, 0) is 38.7 Å². The Morgan fingerprint density at radius 2 is 1.67 bits per heavy atom. The molecule has 8 heteroatoms. The van der Waals surface area contributed by atoms with Crippen LogP contribution in [0.4, 0.5) is 5.69 Å². The van der Waals surface area contributed by atoms with Crippen molar-refractivity contribution >= 4 is 46.7 Å². The average Bonchev–Trinajstić information content (AvgIpc) is 3.07. The SMILES string of the molecule is CC1OC(=O)CC1Oc1cc(N2C(=O)C3=C(CCCC3)C2=O)c(Cl)cc1Cl. The fourth-order valence-electron chi connectivity index (χ4n) is 3.70. The van der Waals surface area contributed by atoms with Gasteiger partial charge in [0.25, 0.3) is 11.8 Å². The predicted molar refractivity (Wildman–Crippen MR) is 99.0 cm³/mol. The zero-order chi connectivity index (χ0) is 19.3. The zero-order valence-electron chi connectivity index (χ0n) is 14.6. The molecule has 3 aliphatic rings. The van der Waals surface area contributed by atoms with Gasteiger partial charge in [0, 0.05) is 17.2 Å². The normalized spacial score (nSPS) is 25.1. The van der Waals surface area contributed by atoms with Crippen LogP contribution in [0.1, 0.15) is 39.0 Å². The smallest absolute Gasteiger partial charge is 0.310 e. The third-order valence-corrected chi connectivity index (χ3v) is 5.72. The van der Waals surface area contributed by atoms with E-state index >= 15 is 0 Å². The van der Waals surface area contributed by atoms with Crippen LogP contribution in [0.3, 0.4) is 0 Å². The third-order valence-electron chi connectivity index (χ3n) is 5.12. The molecule has 0 bridgehead atoms. The van der Waals surface area contributed by atoms with Gasteiger partial charge in [-0.1, -0.05) is 23.2 Å². The summed E-state index contributed by atoms with van der Waals surface area (Å²) in [5.41, 5.74) is 1.38. The molecule has 1 aromatic carbocycles. The lowest BCUT2D eigenvalue weighted by atomic mass is 9.93. The first kappa shape index (κ1) is 18.3. The molecule has 0 radical (unpaired) electrons. The van der Waals surface area contributed by atoms with E-state index < -0.39 is 12.2 Å². The maximum atomic E-state index is 12.8. The second-order valence-corrected chi connectivity index (χ2v) is 7.71. The minimum Gasteiger partial charge on any atom is -0.484 e. The topological polar surface area (TPSA) is 72.9 Å². The van der Waals surface area contributed by atoms with E-state index in [1.807, 2.05) is 0 Å². The van der Waals surface area contributed by atoms with E-state index in [0.717, 1.165) is 17.7 Å². The average molecular weight is 410 g/mol. The number of cyclic esters (lactones) is 1. The van der Waals surface area contributed by atoms with Crippen LogP contribution in [0.15, 0.2) is 23.3 Å². The van der Waals surface area contributed by atoms with E-state index in [1.165, 1.54) is 12.1 Å². The fourth-order valence-corrected chi connectivity index (χ4v) is 4.21. The van der Waals surface area contributed by atoms with Crippen molar-refractivity contribution in [2.24, 2.45) is 0 Å². The molecule has 4 rings (SSSR count). The van der Waals surface area contributed by atoms with Crippen molar-refractivity contribution in [3.8, 4) is 5.75 Å². The second kappa shape index (κ2) is 6.84. The second-order valence-electron chi connectivity index (χ2n) is 6.90. The molecule has 1 aliphatic carbocycles. The lowest BCUT2D eigenvalue weighted by Gasteiger charge is -2.21. The molecule has 6 nitrogen and oxygen atoms in total. The lowest BCUT2D eigenvalue weighted by molar-refractivity contribution is -0.141. The standard InChI is InChI=1S/C19H17Cl2NO5/c1-9-15(8-17(23)26-9)27-16-7-14(12(20)6-13(16)21)22-18(24)10-4-2-3-5-11(10)19(22)25/h6-7,9,15H,2-5,8H2,1H3. The number of esters is 1. The Morgan fingerprint density at radius 1 is 1.04 bits per heavy atom.